The van der Waals surface area contributed by atoms with E-state index >= 15 is 0 Å². The Hall–Kier alpha value is -3.96. The van der Waals surface area contributed by atoms with E-state index in [1.807, 2.05) is 5.48 Å². The monoisotopic (exact) mass is 478 g/mol. The molecule has 0 atom stereocenters. The Morgan fingerprint density at radius 3 is 2.44 bits per heavy atom. The molecule has 0 fully saturated rings. The summed E-state index contributed by atoms with van der Waals surface area (Å²) in [6, 6.07) is 4.76. The highest BCUT2D eigenvalue weighted by Crippen LogP contribution is 2.28. The standard InChI is InChI=1S/C22H21F3N4O5/c1-21(2,3)9-15(30)34-28-19(32)16-17(31)13-5-4-8-26-18(13)29(20(16)33)11-12-6-7-14(27-10-12)22(23,24)25/h4-8,10,31H,9,11H2,1-3H3,(H,28,32). The molecule has 0 aromatic carbocycles. The van der Waals surface area contributed by atoms with E-state index in [0.717, 1.165) is 22.9 Å². The van der Waals surface area contributed by atoms with Crippen molar-refractivity contribution in [3.8, 4) is 5.75 Å². The minimum Gasteiger partial charge on any atom is -0.506 e. The van der Waals surface area contributed by atoms with Crippen molar-refractivity contribution in [2.45, 2.75) is 39.9 Å². The molecule has 0 saturated heterocycles. The van der Waals surface area contributed by atoms with Crippen molar-refractivity contribution >= 4 is 22.9 Å². The Morgan fingerprint density at radius 1 is 1.15 bits per heavy atom. The highest BCUT2D eigenvalue weighted by atomic mass is 19.4. The number of halogens is 3. The van der Waals surface area contributed by atoms with Crippen LogP contribution in [0.25, 0.3) is 11.0 Å². The number of carbonyl (C=O) groups is 2. The number of aromatic hydroxyl groups is 1. The molecule has 3 rings (SSSR count). The molecule has 12 heteroatoms. The summed E-state index contributed by atoms with van der Waals surface area (Å²) in [4.78, 5) is 49.8. The highest BCUT2D eigenvalue weighted by molar-refractivity contribution is 6.01. The van der Waals surface area contributed by atoms with Crippen molar-refractivity contribution in [3.63, 3.8) is 0 Å². The normalized spacial score (nSPS) is 11.9. The van der Waals surface area contributed by atoms with E-state index in [-0.39, 0.29) is 29.6 Å². The van der Waals surface area contributed by atoms with E-state index in [1.54, 1.807) is 20.8 Å². The fraction of sp³-hybridized carbons (Fsp3) is 0.318. The van der Waals surface area contributed by atoms with E-state index in [2.05, 4.69) is 9.97 Å². The van der Waals surface area contributed by atoms with Gasteiger partial charge < -0.3 is 9.94 Å². The molecule has 3 aromatic rings. The van der Waals surface area contributed by atoms with Crippen molar-refractivity contribution in [1.82, 2.24) is 20.0 Å². The van der Waals surface area contributed by atoms with Crippen molar-refractivity contribution < 1.29 is 32.7 Å². The average molecular weight is 478 g/mol. The lowest BCUT2D eigenvalue weighted by Crippen LogP contribution is -2.35. The molecule has 0 bridgehead atoms. The van der Waals surface area contributed by atoms with Gasteiger partial charge in [0.25, 0.3) is 11.5 Å². The summed E-state index contributed by atoms with van der Waals surface area (Å²) in [6.07, 6.45) is -2.36. The van der Waals surface area contributed by atoms with Gasteiger partial charge in [-0.25, -0.2) is 9.78 Å². The fourth-order valence-corrected chi connectivity index (χ4v) is 3.11. The Labute approximate surface area is 191 Å². The minimum atomic E-state index is -4.63. The lowest BCUT2D eigenvalue weighted by atomic mass is 9.93. The largest absolute Gasteiger partial charge is 0.506 e. The fourth-order valence-electron chi connectivity index (χ4n) is 3.11. The summed E-state index contributed by atoms with van der Waals surface area (Å²) in [5.41, 5.74) is -1.16. The molecule has 34 heavy (non-hydrogen) atoms. The van der Waals surface area contributed by atoms with Gasteiger partial charge in [0.2, 0.25) is 0 Å². The number of nitrogens with zero attached hydrogens (tertiary/aromatic N) is 3. The number of nitrogens with one attached hydrogen (secondary N) is 1. The number of pyridine rings is 3. The molecule has 9 nitrogen and oxygen atoms in total. The summed E-state index contributed by atoms with van der Waals surface area (Å²) in [7, 11) is 0. The number of fused-ring (bicyclic) bond motifs is 1. The minimum absolute atomic E-state index is 0.00817. The Balaban J connectivity index is 1.99. The van der Waals surface area contributed by atoms with Gasteiger partial charge in [-0.1, -0.05) is 26.8 Å². The zero-order valence-corrected chi connectivity index (χ0v) is 18.4. The Morgan fingerprint density at radius 2 is 1.85 bits per heavy atom. The van der Waals surface area contributed by atoms with Gasteiger partial charge in [-0.05, 0) is 29.2 Å². The molecular weight excluding hydrogens is 457 g/mol. The molecule has 0 aliphatic heterocycles. The zero-order chi connectivity index (χ0) is 25.3. The lowest BCUT2D eigenvalue weighted by Gasteiger charge is -2.17. The van der Waals surface area contributed by atoms with Crippen LogP contribution in [-0.2, 0) is 22.4 Å². The van der Waals surface area contributed by atoms with Crippen molar-refractivity contribution in [2.75, 3.05) is 0 Å². The second kappa shape index (κ2) is 9.12. The molecule has 0 unspecified atom stereocenters. The summed E-state index contributed by atoms with van der Waals surface area (Å²) < 4.78 is 39.4. The van der Waals surface area contributed by atoms with Crippen LogP contribution in [0.4, 0.5) is 13.2 Å². The second-order valence-corrected chi connectivity index (χ2v) is 8.68. The van der Waals surface area contributed by atoms with E-state index in [9.17, 15) is 32.7 Å². The maximum atomic E-state index is 13.1. The van der Waals surface area contributed by atoms with E-state index in [1.165, 1.54) is 18.3 Å². The third-order valence-corrected chi connectivity index (χ3v) is 4.61. The number of amides is 1. The van der Waals surface area contributed by atoms with Gasteiger partial charge in [-0.2, -0.15) is 18.7 Å². The highest BCUT2D eigenvalue weighted by Gasteiger charge is 2.32. The van der Waals surface area contributed by atoms with Crippen LogP contribution >= 0.6 is 0 Å². The van der Waals surface area contributed by atoms with Gasteiger partial charge in [-0.15, -0.1) is 0 Å². The third kappa shape index (κ3) is 5.50. The molecular formula is C22H21F3N4O5. The number of aromatic nitrogens is 3. The molecule has 180 valence electrons. The maximum absolute atomic E-state index is 13.1. The summed E-state index contributed by atoms with van der Waals surface area (Å²) in [5, 5.41) is 10.6. The zero-order valence-electron chi connectivity index (χ0n) is 18.4. The van der Waals surface area contributed by atoms with Gasteiger partial charge in [-0.3, -0.25) is 19.1 Å². The van der Waals surface area contributed by atoms with Crippen molar-refractivity contribution in [2.24, 2.45) is 5.41 Å². The van der Waals surface area contributed by atoms with E-state index < -0.39 is 46.0 Å². The lowest BCUT2D eigenvalue weighted by molar-refractivity contribution is -0.151. The van der Waals surface area contributed by atoms with Crippen LogP contribution in [0.2, 0.25) is 0 Å². The summed E-state index contributed by atoms with van der Waals surface area (Å²) >= 11 is 0. The smallest absolute Gasteiger partial charge is 0.433 e. The molecule has 0 spiro atoms. The Bertz CT molecular complexity index is 1300. The predicted octanol–water partition coefficient (Wildman–Crippen LogP) is 3.19. The quantitative estimate of drug-likeness (QED) is 0.552. The first-order valence-electron chi connectivity index (χ1n) is 10.0. The van der Waals surface area contributed by atoms with Gasteiger partial charge in [0.15, 0.2) is 5.56 Å². The van der Waals surface area contributed by atoms with Crippen molar-refractivity contribution in [1.29, 1.82) is 0 Å². The first kappa shape index (κ1) is 24.7. The molecule has 0 aliphatic rings. The summed E-state index contributed by atoms with van der Waals surface area (Å²) in [6.45, 7) is 5.06. The van der Waals surface area contributed by atoms with Gasteiger partial charge in [0.05, 0.1) is 18.4 Å². The van der Waals surface area contributed by atoms with Crippen LogP contribution in [-0.4, -0.2) is 31.5 Å². The van der Waals surface area contributed by atoms with Crippen LogP contribution in [0, 0.1) is 5.41 Å². The molecule has 1 amide bonds. The van der Waals surface area contributed by atoms with Gasteiger partial charge in [0, 0.05) is 12.4 Å². The van der Waals surface area contributed by atoms with Crippen LogP contribution < -0.4 is 11.0 Å². The summed E-state index contributed by atoms with van der Waals surface area (Å²) in [5.74, 6) is -2.60. The molecule has 0 aliphatic carbocycles. The number of hydroxylamine groups is 1. The Kier molecular flexibility index (Phi) is 6.62. The molecule has 3 aromatic heterocycles. The number of rotatable bonds is 4. The first-order chi connectivity index (χ1) is 15.8. The third-order valence-electron chi connectivity index (χ3n) is 4.61. The van der Waals surface area contributed by atoms with Gasteiger partial charge in [0.1, 0.15) is 17.1 Å². The average Bonchev–Trinajstić information content (AvgIpc) is 2.74. The van der Waals surface area contributed by atoms with Gasteiger partial charge >= 0.3 is 12.1 Å². The van der Waals surface area contributed by atoms with Crippen LogP contribution in [0.3, 0.4) is 0 Å². The van der Waals surface area contributed by atoms with E-state index in [0.29, 0.717) is 0 Å². The number of hydrogen-bond acceptors (Lipinski definition) is 7. The van der Waals surface area contributed by atoms with E-state index in [4.69, 9.17) is 4.84 Å². The molecule has 0 saturated carbocycles. The van der Waals surface area contributed by atoms with Crippen LogP contribution in [0.1, 0.15) is 48.8 Å². The van der Waals surface area contributed by atoms with Crippen LogP contribution in [0.15, 0.2) is 41.5 Å². The maximum Gasteiger partial charge on any atom is 0.433 e. The number of hydrogen-bond donors (Lipinski definition) is 2. The predicted molar refractivity (Wildman–Crippen MR) is 114 cm³/mol. The first-order valence-corrected chi connectivity index (χ1v) is 10.0. The molecule has 3 heterocycles. The molecule has 2 N–H and O–H groups in total. The second-order valence-electron chi connectivity index (χ2n) is 8.68. The topological polar surface area (TPSA) is 123 Å². The molecule has 0 radical (unpaired) electrons. The number of alkyl halides is 3. The van der Waals surface area contributed by atoms with Crippen LogP contribution in [0.5, 0.6) is 5.75 Å². The number of carbonyl (C=O) groups excluding carboxylic acids is 2. The van der Waals surface area contributed by atoms with Crippen molar-refractivity contribution in [3.05, 3.63) is 63.8 Å². The SMILES string of the molecule is CC(C)(C)CC(=O)ONC(=O)c1c(O)c2cccnc2n(Cc2ccc(C(F)(F)F)nc2)c1=O.